The number of hydrogen-bond donors (Lipinski definition) is 1. The predicted molar refractivity (Wildman–Crippen MR) is 114 cm³/mol. The lowest BCUT2D eigenvalue weighted by Gasteiger charge is -2.26. The van der Waals surface area contributed by atoms with Crippen LogP contribution >= 0.6 is 15.9 Å². The molecule has 0 aliphatic carbocycles. The Morgan fingerprint density at radius 2 is 1.69 bits per heavy atom. The molecule has 0 unspecified atom stereocenters. The number of rotatable bonds is 3. The molecule has 1 fully saturated rings. The highest BCUT2D eigenvalue weighted by Gasteiger charge is 2.37. The largest absolute Gasteiger partial charge is 0.335 e. The van der Waals surface area contributed by atoms with Gasteiger partial charge in [-0.2, -0.15) is 0 Å². The number of imide groups is 2. The molecule has 2 heterocycles. The van der Waals surface area contributed by atoms with Crippen LogP contribution in [0.5, 0.6) is 0 Å². The number of benzene rings is 2. The van der Waals surface area contributed by atoms with Crippen molar-refractivity contribution in [2.45, 2.75) is 6.92 Å². The lowest BCUT2D eigenvalue weighted by atomic mass is 10.1. The molecule has 0 spiro atoms. The molecule has 3 aromatic rings. The molecule has 29 heavy (non-hydrogen) atoms. The van der Waals surface area contributed by atoms with Crippen molar-refractivity contribution in [3.63, 3.8) is 0 Å². The van der Waals surface area contributed by atoms with Crippen LogP contribution in [0, 0.1) is 6.92 Å². The zero-order valence-electron chi connectivity index (χ0n) is 15.4. The molecule has 1 aliphatic rings. The third kappa shape index (κ3) is 3.64. The first-order valence-electron chi connectivity index (χ1n) is 8.85. The van der Waals surface area contributed by atoms with Gasteiger partial charge in [0.15, 0.2) is 0 Å². The van der Waals surface area contributed by atoms with Crippen LogP contribution in [0.1, 0.15) is 11.3 Å². The number of barbiturate groups is 1. The SMILES string of the molecule is Cc1cccc(N2C(=O)NC(=O)/C(=C/c3cccn3-c3ccc(Br)cc3)C2=O)c1. The molecule has 1 saturated heterocycles. The highest BCUT2D eigenvalue weighted by molar-refractivity contribution is 9.10. The summed E-state index contributed by atoms with van der Waals surface area (Å²) in [4.78, 5) is 38.8. The van der Waals surface area contributed by atoms with Crippen LogP contribution < -0.4 is 10.2 Å². The number of carbonyl (C=O) groups is 3. The number of anilines is 1. The Hall–Kier alpha value is -3.45. The zero-order valence-corrected chi connectivity index (χ0v) is 17.0. The number of aryl methyl sites for hydroxylation is 1. The van der Waals surface area contributed by atoms with E-state index in [9.17, 15) is 14.4 Å². The van der Waals surface area contributed by atoms with E-state index < -0.39 is 17.8 Å². The van der Waals surface area contributed by atoms with Gasteiger partial charge in [-0.3, -0.25) is 14.9 Å². The second-order valence-electron chi connectivity index (χ2n) is 6.58. The van der Waals surface area contributed by atoms with Crippen molar-refractivity contribution < 1.29 is 14.4 Å². The predicted octanol–water partition coefficient (Wildman–Crippen LogP) is 4.21. The van der Waals surface area contributed by atoms with Gasteiger partial charge in [0.1, 0.15) is 5.57 Å². The highest BCUT2D eigenvalue weighted by Crippen LogP contribution is 2.24. The number of halogens is 1. The summed E-state index contributed by atoms with van der Waals surface area (Å²) >= 11 is 3.41. The van der Waals surface area contributed by atoms with E-state index in [1.807, 2.05) is 54.1 Å². The van der Waals surface area contributed by atoms with E-state index in [1.165, 1.54) is 6.08 Å². The van der Waals surface area contributed by atoms with Gasteiger partial charge in [0.2, 0.25) is 0 Å². The van der Waals surface area contributed by atoms with Gasteiger partial charge in [-0.1, -0.05) is 28.1 Å². The Kier molecular flexibility index (Phi) is 4.90. The summed E-state index contributed by atoms with van der Waals surface area (Å²) in [5, 5.41) is 2.25. The maximum absolute atomic E-state index is 13.0. The van der Waals surface area contributed by atoms with Crippen LogP contribution in [0.3, 0.4) is 0 Å². The van der Waals surface area contributed by atoms with Crippen LogP contribution in [0.25, 0.3) is 11.8 Å². The van der Waals surface area contributed by atoms with Crippen LogP contribution in [0.2, 0.25) is 0 Å². The molecule has 6 nitrogen and oxygen atoms in total. The van der Waals surface area contributed by atoms with Gasteiger partial charge in [0.25, 0.3) is 11.8 Å². The standard InChI is InChI=1S/C22H16BrN3O3/c1-14-4-2-5-18(12-14)26-21(28)19(20(27)24-22(26)29)13-17-6-3-11-25(17)16-9-7-15(23)8-10-16/h2-13H,1H3,(H,24,27,29)/b19-13-. The van der Waals surface area contributed by atoms with Crippen molar-refractivity contribution in [2.75, 3.05) is 4.90 Å². The average molecular weight is 450 g/mol. The molecule has 0 atom stereocenters. The third-order valence-electron chi connectivity index (χ3n) is 4.54. The van der Waals surface area contributed by atoms with Crippen LogP contribution in [-0.2, 0) is 9.59 Å². The maximum Gasteiger partial charge on any atom is 0.335 e. The van der Waals surface area contributed by atoms with Crippen molar-refractivity contribution in [1.82, 2.24) is 9.88 Å². The number of nitrogens with zero attached hydrogens (tertiary/aromatic N) is 2. The molecule has 4 rings (SSSR count). The van der Waals surface area contributed by atoms with E-state index in [4.69, 9.17) is 0 Å². The highest BCUT2D eigenvalue weighted by atomic mass is 79.9. The molecule has 7 heteroatoms. The minimum Gasteiger partial charge on any atom is -0.317 e. The number of carbonyl (C=O) groups excluding carboxylic acids is 3. The Balaban J connectivity index is 1.75. The van der Waals surface area contributed by atoms with Crippen molar-refractivity contribution in [3.05, 3.63) is 88.2 Å². The number of nitrogens with one attached hydrogen (secondary N) is 1. The molecule has 4 amide bonds. The Morgan fingerprint density at radius 1 is 0.931 bits per heavy atom. The lowest BCUT2D eigenvalue weighted by Crippen LogP contribution is -2.54. The van der Waals surface area contributed by atoms with Crippen molar-refractivity contribution in [2.24, 2.45) is 0 Å². The van der Waals surface area contributed by atoms with E-state index in [-0.39, 0.29) is 5.57 Å². The minimum absolute atomic E-state index is 0.108. The van der Waals surface area contributed by atoms with Gasteiger partial charge in [-0.05, 0) is 67.1 Å². The molecule has 2 aromatic carbocycles. The molecule has 144 valence electrons. The molecular formula is C22H16BrN3O3. The number of urea groups is 1. The number of amides is 4. The monoisotopic (exact) mass is 449 g/mol. The average Bonchev–Trinajstić information content (AvgIpc) is 3.14. The van der Waals surface area contributed by atoms with Gasteiger partial charge in [0.05, 0.1) is 5.69 Å². The second-order valence-corrected chi connectivity index (χ2v) is 7.49. The summed E-state index contributed by atoms with van der Waals surface area (Å²) in [6.07, 6.45) is 3.33. The fraction of sp³-hybridized carbons (Fsp3) is 0.0455. The van der Waals surface area contributed by atoms with E-state index in [1.54, 1.807) is 24.3 Å². The fourth-order valence-electron chi connectivity index (χ4n) is 3.16. The first kappa shape index (κ1) is 18.9. The molecule has 1 aromatic heterocycles. The summed E-state index contributed by atoms with van der Waals surface area (Å²) in [6.45, 7) is 1.86. The molecule has 0 saturated carbocycles. The Morgan fingerprint density at radius 3 is 2.41 bits per heavy atom. The van der Waals surface area contributed by atoms with E-state index in [2.05, 4.69) is 21.2 Å². The van der Waals surface area contributed by atoms with Crippen molar-refractivity contribution >= 4 is 45.5 Å². The molecule has 1 aliphatic heterocycles. The fourth-order valence-corrected chi connectivity index (χ4v) is 3.42. The lowest BCUT2D eigenvalue weighted by molar-refractivity contribution is -0.122. The van der Waals surface area contributed by atoms with Crippen molar-refractivity contribution in [3.8, 4) is 5.69 Å². The second kappa shape index (κ2) is 7.52. The minimum atomic E-state index is -0.758. The number of hydrogen-bond acceptors (Lipinski definition) is 3. The van der Waals surface area contributed by atoms with Crippen molar-refractivity contribution in [1.29, 1.82) is 0 Å². The summed E-state index contributed by atoms with van der Waals surface area (Å²) < 4.78 is 2.80. The van der Waals surface area contributed by atoms with Gasteiger partial charge >= 0.3 is 6.03 Å². The van der Waals surface area contributed by atoms with E-state index in [0.29, 0.717) is 11.4 Å². The molecule has 0 radical (unpaired) electrons. The first-order chi connectivity index (χ1) is 13.9. The van der Waals surface area contributed by atoms with E-state index >= 15 is 0 Å². The smallest absolute Gasteiger partial charge is 0.317 e. The van der Waals surface area contributed by atoms with Crippen LogP contribution in [-0.4, -0.2) is 22.4 Å². The summed E-state index contributed by atoms with van der Waals surface area (Å²) in [5.74, 6) is -1.37. The van der Waals surface area contributed by atoms with Gasteiger partial charge in [-0.15, -0.1) is 0 Å². The maximum atomic E-state index is 13.0. The summed E-state index contributed by atoms with van der Waals surface area (Å²) in [7, 11) is 0. The zero-order chi connectivity index (χ0) is 20.5. The first-order valence-corrected chi connectivity index (χ1v) is 9.65. The Labute approximate surface area is 175 Å². The summed E-state index contributed by atoms with van der Waals surface area (Å²) in [6, 6.07) is 17.5. The number of aromatic nitrogens is 1. The normalized spacial score (nSPS) is 15.7. The van der Waals surface area contributed by atoms with E-state index in [0.717, 1.165) is 20.6 Å². The molecular weight excluding hydrogens is 434 g/mol. The molecule has 1 N–H and O–H groups in total. The van der Waals surface area contributed by atoms with Crippen LogP contribution in [0.4, 0.5) is 10.5 Å². The topological polar surface area (TPSA) is 71.4 Å². The third-order valence-corrected chi connectivity index (χ3v) is 5.07. The van der Waals surface area contributed by atoms with Gasteiger partial charge < -0.3 is 4.57 Å². The van der Waals surface area contributed by atoms with Gasteiger partial charge in [-0.25, -0.2) is 9.69 Å². The van der Waals surface area contributed by atoms with Crippen LogP contribution in [0.15, 0.2) is 76.9 Å². The quantitative estimate of drug-likeness (QED) is 0.480. The molecule has 0 bridgehead atoms. The van der Waals surface area contributed by atoms with Gasteiger partial charge in [0, 0.05) is 22.1 Å². The Bertz CT molecular complexity index is 1160. The summed E-state index contributed by atoms with van der Waals surface area (Å²) in [5.41, 5.74) is 2.72.